The van der Waals surface area contributed by atoms with E-state index in [9.17, 15) is 4.39 Å². The highest BCUT2D eigenvalue weighted by molar-refractivity contribution is 5.55. The highest BCUT2D eigenvalue weighted by Crippen LogP contribution is 2.25. The van der Waals surface area contributed by atoms with E-state index in [2.05, 4.69) is 17.2 Å². The number of nitrogens with one attached hydrogen (secondary N) is 1. The number of hydrogen-bond donors (Lipinski definition) is 1. The van der Waals surface area contributed by atoms with E-state index in [1.54, 1.807) is 6.07 Å². The normalized spacial score (nSPS) is 9.93. The van der Waals surface area contributed by atoms with E-state index in [-0.39, 0.29) is 0 Å². The summed E-state index contributed by atoms with van der Waals surface area (Å²) in [6, 6.07) is 1.64. The first-order valence-corrected chi connectivity index (χ1v) is 4.72. The van der Waals surface area contributed by atoms with E-state index in [1.807, 2.05) is 0 Å². The van der Waals surface area contributed by atoms with Crippen LogP contribution in [0.2, 0.25) is 0 Å². The lowest BCUT2D eigenvalue weighted by molar-refractivity contribution is 0.411. The molecule has 0 bridgehead atoms. The zero-order valence-corrected chi connectivity index (χ0v) is 8.51. The van der Waals surface area contributed by atoms with Gasteiger partial charge in [0.05, 0.1) is 7.11 Å². The molecule has 0 unspecified atom stereocenters. The number of hydrogen-bond acceptors (Lipinski definition) is 3. The van der Waals surface area contributed by atoms with Gasteiger partial charge < -0.3 is 10.1 Å². The third-order valence-electron chi connectivity index (χ3n) is 1.92. The van der Waals surface area contributed by atoms with Crippen LogP contribution in [0, 0.1) is 5.95 Å². The summed E-state index contributed by atoms with van der Waals surface area (Å²) >= 11 is 0. The Kier molecular flexibility index (Phi) is 4.16. The summed E-state index contributed by atoms with van der Waals surface area (Å²) in [5.74, 6) is -0.0194. The lowest BCUT2D eigenvalue weighted by atomic mass is 10.3. The van der Waals surface area contributed by atoms with Crippen molar-refractivity contribution in [3.05, 3.63) is 18.2 Å². The van der Waals surface area contributed by atoms with Crippen LogP contribution in [0.1, 0.15) is 19.8 Å². The fourth-order valence-electron chi connectivity index (χ4n) is 1.14. The Labute approximate surface area is 83.3 Å². The van der Waals surface area contributed by atoms with Crippen LogP contribution >= 0.6 is 0 Å². The predicted octanol–water partition coefficient (Wildman–Crippen LogP) is 2.44. The summed E-state index contributed by atoms with van der Waals surface area (Å²) in [5.41, 5.74) is 0.350. The minimum absolute atomic E-state index is 0.350. The van der Waals surface area contributed by atoms with Gasteiger partial charge in [-0.3, -0.25) is 0 Å². The molecule has 0 fully saturated rings. The van der Waals surface area contributed by atoms with Gasteiger partial charge in [-0.1, -0.05) is 13.3 Å². The van der Waals surface area contributed by atoms with Crippen LogP contribution in [-0.2, 0) is 0 Å². The van der Waals surface area contributed by atoms with Crippen LogP contribution in [0.5, 0.6) is 5.75 Å². The average Bonchev–Trinajstić information content (AvgIpc) is 2.20. The van der Waals surface area contributed by atoms with E-state index < -0.39 is 5.95 Å². The van der Waals surface area contributed by atoms with E-state index in [1.165, 1.54) is 13.3 Å². The van der Waals surface area contributed by atoms with Gasteiger partial charge in [-0.15, -0.1) is 0 Å². The third-order valence-corrected chi connectivity index (χ3v) is 1.92. The number of aromatic nitrogens is 1. The van der Waals surface area contributed by atoms with Gasteiger partial charge in [-0.2, -0.15) is 4.39 Å². The molecular formula is C10H15FN2O. The fraction of sp³-hybridized carbons (Fsp3) is 0.500. The molecule has 0 atom stereocenters. The second-order valence-electron chi connectivity index (χ2n) is 2.96. The summed E-state index contributed by atoms with van der Waals surface area (Å²) in [5, 5.41) is 2.97. The van der Waals surface area contributed by atoms with Crippen LogP contribution in [0.15, 0.2) is 12.3 Å². The molecule has 0 aromatic carbocycles. The van der Waals surface area contributed by atoms with Gasteiger partial charge in [0.15, 0.2) is 0 Å². The Hall–Kier alpha value is -1.32. The van der Waals surface area contributed by atoms with Gasteiger partial charge in [0.25, 0.3) is 0 Å². The van der Waals surface area contributed by atoms with Crippen LogP contribution in [-0.4, -0.2) is 18.6 Å². The maximum Gasteiger partial charge on any atom is 0.240 e. The molecular weight excluding hydrogens is 183 g/mol. The number of rotatable bonds is 5. The number of nitrogens with zero attached hydrogens (tertiary/aromatic N) is 1. The Morgan fingerprint density at radius 2 is 2.36 bits per heavy atom. The van der Waals surface area contributed by atoms with Gasteiger partial charge in [0.1, 0.15) is 11.4 Å². The van der Waals surface area contributed by atoms with Crippen LogP contribution in [0.4, 0.5) is 10.1 Å². The quantitative estimate of drug-likeness (QED) is 0.583. The smallest absolute Gasteiger partial charge is 0.240 e. The van der Waals surface area contributed by atoms with E-state index in [4.69, 9.17) is 4.74 Å². The molecule has 14 heavy (non-hydrogen) atoms. The number of unbranched alkanes of at least 4 members (excludes halogenated alkanes) is 1. The summed E-state index contributed by atoms with van der Waals surface area (Å²) in [4.78, 5) is 3.56. The standard InChI is InChI=1S/C10H15FN2O/c1-3-4-6-12-9-8(14-2)5-7-13-10(9)11/h5,7,12H,3-4,6H2,1-2H3. The molecule has 78 valence electrons. The van der Waals surface area contributed by atoms with Crippen molar-refractivity contribution < 1.29 is 9.13 Å². The maximum atomic E-state index is 13.2. The monoisotopic (exact) mass is 198 g/mol. The first kappa shape index (κ1) is 10.8. The summed E-state index contributed by atoms with van der Waals surface area (Å²) in [6.07, 6.45) is 3.45. The predicted molar refractivity (Wildman–Crippen MR) is 54.1 cm³/mol. The SMILES string of the molecule is CCCCNc1c(OC)ccnc1F. The lowest BCUT2D eigenvalue weighted by Crippen LogP contribution is -2.05. The molecule has 0 saturated carbocycles. The minimum Gasteiger partial charge on any atom is -0.494 e. The zero-order chi connectivity index (χ0) is 10.4. The van der Waals surface area contributed by atoms with Crippen molar-refractivity contribution in [1.82, 2.24) is 4.98 Å². The van der Waals surface area contributed by atoms with E-state index in [0.29, 0.717) is 11.4 Å². The second kappa shape index (κ2) is 5.42. The summed E-state index contributed by atoms with van der Waals surface area (Å²) in [7, 11) is 1.51. The number of anilines is 1. The third kappa shape index (κ3) is 2.58. The molecule has 0 spiro atoms. The van der Waals surface area contributed by atoms with Crippen molar-refractivity contribution in [3.63, 3.8) is 0 Å². The number of halogens is 1. The lowest BCUT2D eigenvalue weighted by Gasteiger charge is -2.10. The number of methoxy groups -OCH3 is 1. The van der Waals surface area contributed by atoms with Gasteiger partial charge in [0, 0.05) is 18.8 Å². The van der Waals surface area contributed by atoms with Crippen LogP contribution < -0.4 is 10.1 Å². The first-order valence-electron chi connectivity index (χ1n) is 4.72. The molecule has 0 radical (unpaired) electrons. The highest BCUT2D eigenvalue weighted by Gasteiger charge is 2.08. The minimum atomic E-state index is -0.513. The molecule has 0 aliphatic rings. The Balaban J connectivity index is 2.72. The van der Waals surface area contributed by atoms with Crippen molar-refractivity contribution in [3.8, 4) is 5.75 Å². The summed E-state index contributed by atoms with van der Waals surface area (Å²) in [6.45, 7) is 2.81. The molecule has 1 aromatic heterocycles. The number of ether oxygens (including phenoxy) is 1. The van der Waals surface area contributed by atoms with Gasteiger partial charge in [-0.05, 0) is 6.42 Å². The van der Waals surface area contributed by atoms with Crippen LogP contribution in [0.25, 0.3) is 0 Å². The van der Waals surface area contributed by atoms with Crippen molar-refractivity contribution >= 4 is 5.69 Å². The molecule has 1 aromatic rings. The average molecular weight is 198 g/mol. The summed E-state index contributed by atoms with van der Waals surface area (Å²) < 4.78 is 18.2. The molecule has 0 amide bonds. The first-order chi connectivity index (χ1) is 6.79. The van der Waals surface area contributed by atoms with E-state index in [0.717, 1.165) is 19.4 Å². The Bertz CT molecular complexity index is 291. The molecule has 1 heterocycles. The molecule has 0 saturated heterocycles. The van der Waals surface area contributed by atoms with E-state index >= 15 is 0 Å². The second-order valence-corrected chi connectivity index (χ2v) is 2.96. The Morgan fingerprint density at radius 3 is 3.00 bits per heavy atom. The van der Waals surface area contributed by atoms with Crippen molar-refractivity contribution in [2.45, 2.75) is 19.8 Å². The fourth-order valence-corrected chi connectivity index (χ4v) is 1.14. The van der Waals surface area contributed by atoms with Gasteiger partial charge in [-0.25, -0.2) is 4.98 Å². The maximum absolute atomic E-state index is 13.2. The number of pyridine rings is 1. The largest absolute Gasteiger partial charge is 0.494 e. The van der Waals surface area contributed by atoms with Crippen LogP contribution in [0.3, 0.4) is 0 Å². The molecule has 0 aliphatic carbocycles. The van der Waals surface area contributed by atoms with Gasteiger partial charge in [0.2, 0.25) is 5.95 Å². The zero-order valence-electron chi connectivity index (χ0n) is 8.51. The van der Waals surface area contributed by atoms with Crippen molar-refractivity contribution in [2.24, 2.45) is 0 Å². The highest BCUT2D eigenvalue weighted by atomic mass is 19.1. The molecule has 0 aliphatic heterocycles. The topological polar surface area (TPSA) is 34.1 Å². The molecule has 3 nitrogen and oxygen atoms in total. The Morgan fingerprint density at radius 1 is 1.57 bits per heavy atom. The van der Waals surface area contributed by atoms with Crippen molar-refractivity contribution in [2.75, 3.05) is 19.0 Å². The van der Waals surface area contributed by atoms with Gasteiger partial charge >= 0.3 is 0 Å². The molecule has 1 N–H and O–H groups in total. The van der Waals surface area contributed by atoms with Crippen molar-refractivity contribution in [1.29, 1.82) is 0 Å². The molecule has 4 heteroatoms. The molecule has 1 rings (SSSR count).